The minimum atomic E-state index is -3.76. The maximum atomic E-state index is 13.0. The highest BCUT2D eigenvalue weighted by Crippen LogP contribution is 2.30. The molecule has 1 aliphatic rings. The first-order valence-corrected chi connectivity index (χ1v) is 11.5. The zero-order chi connectivity index (χ0) is 21.0. The Morgan fingerprint density at radius 3 is 2.53 bits per heavy atom. The quantitative estimate of drug-likeness (QED) is 0.634. The monoisotopic (exact) mass is 420 g/mol. The van der Waals surface area contributed by atoms with Gasteiger partial charge in [0.05, 0.1) is 4.90 Å². The van der Waals surface area contributed by atoms with Crippen molar-refractivity contribution < 1.29 is 13.2 Å². The molecular weight excluding hydrogens is 396 g/mol. The van der Waals surface area contributed by atoms with Crippen LogP contribution in [-0.4, -0.2) is 14.3 Å². The first-order valence-electron chi connectivity index (χ1n) is 10.1. The molecule has 0 bridgehead atoms. The lowest BCUT2D eigenvalue weighted by Gasteiger charge is -2.26. The topological polar surface area (TPSA) is 75.3 Å². The number of amides is 1. The summed E-state index contributed by atoms with van der Waals surface area (Å²) in [5.74, 6) is -0.307. The third kappa shape index (κ3) is 4.61. The maximum Gasteiger partial charge on any atom is 0.251 e. The smallest absolute Gasteiger partial charge is 0.251 e. The minimum Gasteiger partial charge on any atom is -0.348 e. The molecule has 6 heteroatoms. The predicted octanol–water partition coefficient (Wildman–Crippen LogP) is 3.97. The Bertz CT molecular complexity index is 1140. The van der Waals surface area contributed by atoms with Gasteiger partial charge in [-0.15, -0.1) is 0 Å². The van der Waals surface area contributed by atoms with Crippen molar-refractivity contribution in [2.24, 2.45) is 0 Å². The lowest BCUT2D eigenvalue weighted by atomic mass is 9.88. The average Bonchev–Trinajstić information content (AvgIpc) is 2.78. The Labute approximate surface area is 177 Å². The van der Waals surface area contributed by atoms with E-state index in [-0.39, 0.29) is 16.8 Å². The largest absolute Gasteiger partial charge is 0.348 e. The van der Waals surface area contributed by atoms with Crippen LogP contribution in [0.25, 0.3) is 0 Å². The summed E-state index contributed by atoms with van der Waals surface area (Å²) in [6.07, 6.45) is 2.66. The van der Waals surface area contributed by atoms with Gasteiger partial charge in [-0.2, -0.15) is 0 Å². The molecule has 0 unspecified atom stereocenters. The van der Waals surface area contributed by atoms with E-state index in [4.69, 9.17) is 0 Å². The molecule has 154 valence electrons. The fraction of sp³-hybridized carbons (Fsp3) is 0.208. The van der Waals surface area contributed by atoms with Crippen LogP contribution in [0.2, 0.25) is 0 Å². The maximum absolute atomic E-state index is 13.0. The summed E-state index contributed by atoms with van der Waals surface area (Å²) >= 11 is 0. The minimum absolute atomic E-state index is 0.0953. The standard InChI is InChI=1S/C24H24N2O3S/c27-24(25-17-18-8-2-1-3-9-18)20-12-6-13-21(16-20)30(28,29)26-23-15-7-11-19-10-4-5-14-22(19)23/h1-6,8-10,12-14,16,23,26H,7,11,15,17H2,(H,25,27)/t23-/m0/s1. The van der Waals surface area contributed by atoms with E-state index in [1.54, 1.807) is 12.1 Å². The lowest BCUT2D eigenvalue weighted by Crippen LogP contribution is -2.31. The summed E-state index contributed by atoms with van der Waals surface area (Å²) in [5.41, 5.74) is 3.51. The summed E-state index contributed by atoms with van der Waals surface area (Å²) in [5, 5.41) is 2.83. The first-order chi connectivity index (χ1) is 14.5. The Morgan fingerprint density at radius 2 is 1.70 bits per heavy atom. The van der Waals surface area contributed by atoms with E-state index >= 15 is 0 Å². The molecule has 1 atom stereocenters. The molecule has 0 aromatic heterocycles. The number of rotatable bonds is 6. The summed E-state index contributed by atoms with van der Waals surface area (Å²) in [7, 11) is -3.76. The van der Waals surface area contributed by atoms with Crippen LogP contribution in [0.3, 0.4) is 0 Å². The summed E-state index contributed by atoms with van der Waals surface area (Å²) in [4.78, 5) is 12.6. The molecule has 0 aliphatic heterocycles. The fourth-order valence-electron chi connectivity index (χ4n) is 3.82. The number of carbonyl (C=O) groups excluding carboxylic acids is 1. The number of aryl methyl sites for hydroxylation is 1. The van der Waals surface area contributed by atoms with E-state index in [1.807, 2.05) is 54.6 Å². The molecule has 0 heterocycles. The van der Waals surface area contributed by atoms with Crippen LogP contribution in [0.4, 0.5) is 0 Å². The van der Waals surface area contributed by atoms with Gasteiger partial charge >= 0.3 is 0 Å². The van der Waals surface area contributed by atoms with Crippen molar-refractivity contribution in [2.75, 3.05) is 0 Å². The summed E-state index contributed by atoms with van der Waals surface area (Å²) in [6, 6.07) is 23.4. The first kappa shape index (κ1) is 20.3. The van der Waals surface area contributed by atoms with Gasteiger partial charge in [0.2, 0.25) is 10.0 Å². The third-order valence-corrected chi connectivity index (χ3v) is 6.84. The fourth-order valence-corrected chi connectivity index (χ4v) is 5.11. The van der Waals surface area contributed by atoms with E-state index in [2.05, 4.69) is 10.0 Å². The van der Waals surface area contributed by atoms with Gasteiger partial charge in [-0.3, -0.25) is 4.79 Å². The van der Waals surface area contributed by atoms with Gasteiger partial charge in [-0.1, -0.05) is 60.7 Å². The number of hydrogen-bond acceptors (Lipinski definition) is 3. The number of nitrogens with one attached hydrogen (secondary N) is 2. The second-order valence-corrected chi connectivity index (χ2v) is 9.18. The van der Waals surface area contributed by atoms with E-state index in [1.165, 1.54) is 17.7 Å². The van der Waals surface area contributed by atoms with Gasteiger partial charge in [0, 0.05) is 18.2 Å². The average molecular weight is 421 g/mol. The number of benzene rings is 3. The Hall–Kier alpha value is -2.96. The van der Waals surface area contributed by atoms with E-state index in [0.29, 0.717) is 12.1 Å². The molecule has 5 nitrogen and oxygen atoms in total. The zero-order valence-corrected chi connectivity index (χ0v) is 17.4. The van der Waals surface area contributed by atoms with E-state index in [9.17, 15) is 13.2 Å². The van der Waals surface area contributed by atoms with E-state index in [0.717, 1.165) is 30.4 Å². The van der Waals surface area contributed by atoms with Crippen molar-refractivity contribution >= 4 is 15.9 Å². The van der Waals surface area contributed by atoms with Crippen molar-refractivity contribution in [3.05, 3.63) is 101 Å². The molecular formula is C24H24N2O3S. The highest BCUT2D eigenvalue weighted by molar-refractivity contribution is 7.89. The van der Waals surface area contributed by atoms with Crippen molar-refractivity contribution in [2.45, 2.75) is 36.7 Å². The number of hydrogen-bond donors (Lipinski definition) is 2. The van der Waals surface area contributed by atoms with Crippen molar-refractivity contribution in [3.8, 4) is 0 Å². The second-order valence-electron chi connectivity index (χ2n) is 7.46. The molecule has 3 aromatic carbocycles. The molecule has 2 N–H and O–H groups in total. The molecule has 4 rings (SSSR count). The van der Waals surface area contributed by atoms with Gasteiger partial charge in [0.1, 0.15) is 0 Å². The van der Waals surface area contributed by atoms with Crippen LogP contribution in [-0.2, 0) is 23.0 Å². The molecule has 3 aromatic rings. The third-order valence-electron chi connectivity index (χ3n) is 5.37. The number of carbonyl (C=O) groups is 1. The molecule has 1 amide bonds. The molecule has 0 saturated heterocycles. The number of fused-ring (bicyclic) bond motifs is 1. The van der Waals surface area contributed by atoms with Crippen LogP contribution < -0.4 is 10.0 Å². The van der Waals surface area contributed by atoms with Gasteiger partial charge < -0.3 is 5.32 Å². The normalized spacial score (nSPS) is 15.9. The predicted molar refractivity (Wildman–Crippen MR) is 116 cm³/mol. The molecule has 0 fully saturated rings. The Balaban J connectivity index is 1.49. The molecule has 30 heavy (non-hydrogen) atoms. The van der Waals surface area contributed by atoms with Gasteiger partial charge in [0.25, 0.3) is 5.91 Å². The Morgan fingerprint density at radius 1 is 0.933 bits per heavy atom. The van der Waals surface area contributed by atoms with Crippen molar-refractivity contribution in [1.82, 2.24) is 10.0 Å². The van der Waals surface area contributed by atoms with Crippen molar-refractivity contribution in [3.63, 3.8) is 0 Å². The molecule has 0 spiro atoms. The van der Waals surface area contributed by atoms with Crippen LogP contribution in [0.15, 0.2) is 83.8 Å². The highest BCUT2D eigenvalue weighted by atomic mass is 32.2. The summed E-state index contributed by atoms with van der Waals surface area (Å²) in [6.45, 7) is 0.383. The van der Waals surface area contributed by atoms with Crippen LogP contribution in [0, 0.1) is 0 Å². The lowest BCUT2D eigenvalue weighted by molar-refractivity contribution is 0.0950. The van der Waals surface area contributed by atoms with Gasteiger partial charge in [0.15, 0.2) is 0 Å². The van der Waals surface area contributed by atoms with Crippen LogP contribution >= 0.6 is 0 Å². The number of sulfonamides is 1. The Kier molecular flexibility index (Phi) is 5.97. The zero-order valence-electron chi connectivity index (χ0n) is 16.5. The molecule has 1 aliphatic carbocycles. The second kappa shape index (κ2) is 8.81. The summed E-state index contributed by atoms with van der Waals surface area (Å²) < 4.78 is 28.9. The van der Waals surface area contributed by atoms with Crippen LogP contribution in [0.5, 0.6) is 0 Å². The van der Waals surface area contributed by atoms with E-state index < -0.39 is 10.0 Å². The SMILES string of the molecule is O=C(NCc1ccccc1)c1cccc(S(=O)(=O)N[C@H]2CCCc3ccccc32)c1. The van der Waals surface area contributed by atoms with Gasteiger partial charge in [-0.05, 0) is 54.2 Å². The molecule has 0 saturated carbocycles. The van der Waals surface area contributed by atoms with Crippen molar-refractivity contribution in [1.29, 1.82) is 0 Å². The highest BCUT2D eigenvalue weighted by Gasteiger charge is 2.26. The van der Waals surface area contributed by atoms with Gasteiger partial charge in [-0.25, -0.2) is 13.1 Å². The molecule has 0 radical (unpaired) electrons. The van der Waals surface area contributed by atoms with Crippen LogP contribution in [0.1, 0.15) is 45.9 Å².